The van der Waals surface area contributed by atoms with E-state index in [0.29, 0.717) is 17.9 Å². The van der Waals surface area contributed by atoms with Gasteiger partial charge < -0.3 is 19.8 Å². The summed E-state index contributed by atoms with van der Waals surface area (Å²) in [6.45, 7) is 2.27. The maximum absolute atomic E-state index is 13.3. The lowest BCUT2D eigenvalue weighted by Gasteiger charge is -2.16. The molecule has 39 heavy (non-hydrogen) atoms. The zero-order valence-electron chi connectivity index (χ0n) is 21.5. The van der Waals surface area contributed by atoms with Crippen molar-refractivity contribution >= 4 is 22.8 Å². The molecule has 0 bridgehead atoms. The zero-order chi connectivity index (χ0) is 26.8. The molecule has 6 rings (SSSR count). The Kier molecular flexibility index (Phi) is 6.59. The number of fused-ring (bicyclic) bond motifs is 4. The fourth-order valence-electron chi connectivity index (χ4n) is 5.30. The third-order valence-corrected chi connectivity index (χ3v) is 7.25. The van der Waals surface area contributed by atoms with Crippen LogP contribution in [0, 0.1) is 0 Å². The first-order valence-corrected chi connectivity index (χ1v) is 13.0. The molecular formula is C33H28N2O4. The van der Waals surface area contributed by atoms with Crippen LogP contribution in [0.5, 0.6) is 5.75 Å². The van der Waals surface area contributed by atoms with Gasteiger partial charge in [0, 0.05) is 23.1 Å². The molecular weight excluding hydrogens is 488 g/mol. The smallest absolute Gasteiger partial charge is 0.407 e. The van der Waals surface area contributed by atoms with Crippen molar-refractivity contribution in [1.82, 2.24) is 10.3 Å². The van der Waals surface area contributed by atoms with Crippen LogP contribution in [0.2, 0.25) is 0 Å². The van der Waals surface area contributed by atoms with Gasteiger partial charge in [-0.25, -0.2) is 4.79 Å². The number of para-hydroxylation sites is 1. The molecule has 0 spiro atoms. The second kappa shape index (κ2) is 10.5. The molecule has 0 unspecified atom stereocenters. The van der Waals surface area contributed by atoms with Gasteiger partial charge in [-0.1, -0.05) is 91.0 Å². The molecule has 5 aromatic rings. The topological polar surface area (TPSA) is 80.4 Å². The Morgan fingerprint density at radius 2 is 1.51 bits per heavy atom. The van der Waals surface area contributed by atoms with Crippen LogP contribution in [0.15, 0.2) is 103 Å². The highest BCUT2D eigenvalue weighted by Crippen LogP contribution is 2.44. The number of H-pyrrole nitrogens is 1. The van der Waals surface area contributed by atoms with Gasteiger partial charge in [-0.3, -0.25) is 4.79 Å². The number of nitrogens with one attached hydrogen (secondary N) is 2. The van der Waals surface area contributed by atoms with Gasteiger partial charge >= 0.3 is 6.09 Å². The number of ether oxygens (including phenoxy) is 2. The van der Waals surface area contributed by atoms with E-state index in [1.165, 1.54) is 0 Å². The molecule has 0 saturated carbocycles. The number of alkyl carbamates (subject to hydrolysis) is 1. The van der Waals surface area contributed by atoms with Crippen LogP contribution in [0.25, 0.3) is 22.0 Å². The first kappa shape index (κ1) is 24.5. The van der Waals surface area contributed by atoms with Crippen molar-refractivity contribution in [3.8, 4) is 16.9 Å². The normalized spacial score (nSPS) is 12.9. The summed E-state index contributed by atoms with van der Waals surface area (Å²) in [5, 5.41) is 3.45. The summed E-state index contributed by atoms with van der Waals surface area (Å²) in [5.41, 5.74) is 6.89. The average molecular weight is 517 g/mol. The molecule has 1 atom stereocenters. The van der Waals surface area contributed by atoms with Crippen molar-refractivity contribution in [2.75, 3.05) is 6.61 Å². The lowest BCUT2D eigenvalue weighted by molar-refractivity contribution is 0.0931. The summed E-state index contributed by atoms with van der Waals surface area (Å²) in [7, 11) is 0. The molecule has 1 aromatic heterocycles. The number of carbonyl (C=O) groups is 2. The second-order valence-electron chi connectivity index (χ2n) is 9.71. The van der Waals surface area contributed by atoms with E-state index >= 15 is 0 Å². The van der Waals surface area contributed by atoms with Crippen molar-refractivity contribution in [3.05, 3.63) is 126 Å². The minimum absolute atomic E-state index is 0.0444. The number of rotatable bonds is 8. The van der Waals surface area contributed by atoms with Gasteiger partial charge in [-0.15, -0.1) is 0 Å². The SMILES string of the molecule is C[C@@H](NC(=O)OCC1c2ccccc2-c2ccccc21)C(=O)c1c[nH]c2c(OCc3ccccc3)cccc12. The Labute approximate surface area is 226 Å². The van der Waals surface area contributed by atoms with Crippen molar-refractivity contribution in [3.63, 3.8) is 0 Å². The molecule has 0 saturated heterocycles. The molecule has 4 aromatic carbocycles. The Hall–Kier alpha value is -4.84. The van der Waals surface area contributed by atoms with Gasteiger partial charge in [0.2, 0.25) is 0 Å². The van der Waals surface area contributed by atoms with E-state index in [1.807, 2.05) is 72.8 Å². The molecule has 1 heterocycles. The van der Waals surface area contributed by atoms with Gasteiger partial charge in [0.05, 0.1) is 11.6 Å². The van der Waals surface area contributed by atoms with Gasteiger partial charge in [0.15, 0.2) is 5.78 Å². The summed E-state index contributed by atoms with van der Waals surface area (Å²) < 4.78 is 11.7. The molecule has 1 amide bonds. The maximum atomic E-state index is 13.3. The Morgan fingerprint density at radius 1 is 0.846 bits per heavy atom. The Bertz CT molecular complexity index is 1610. The van der Waals surface area contributed by atoms with Gasteiger partial charge in [-0.2, -0.15) is 0 Å². The van der Waals surface area contributed by atoms with Crippen LogP contribution >= 0.6 is 0 Å². The first-order valence-electron chi connectivity index (χ1n) is 13.0. The number of amides is 1. The standard InChI is InChI=1S/C33H28N2O4/c1-21(35-33(37)39-20-29-25-14-7-5-12-23(25)24-13-6-8-15-26(24)29)32(36)28-18-34-31-27(28)16-9-17-30(31)38-19-22-10-3-2-4-11-22/h2-18,21,29,34H,19-20H2,1H3,(H,35,37)/t21-/m1/s1. The molecule has 6 nitrogen and oxygen atoms in total. The highest BCUT2D eigenvalue weighted by Gasteiger charge is 2.29. The second-order valence-corrected chi connectivity index (χ2v) is 9.71. The van der Waals surface area contributed by atoms with E-state index in [2.05, 4.69) is 34.6 Å². The van der Waals surface area contributed by atoms with Crippen molar-refractivity contribution in [1.29, 1.82) is 0 Å². The number of Topliss-reactive ketones (excluding diaryl/α,β-unsaturated/α-hetero) is 1. The largest absolute Gasteiger partial charge is 0.487 e. The molecule has 0 radical (unpaired) electrons. The van der Waals surface area contributed by atoms with E-state index in [9.17, 15) is 9.59 Å². The van der Waals surface area contributed by atoms with Crippen LogP contribution in [-0.2, 0) is 11.3 Å². The van der Waals surface area contributed by atoms with Crippen LogP contribution in [0.3, 0.4) is 0 Å². The predicted octanol–water partition coefficient (Wildman–Crippen LogP) is 6.86. The van der Waals surface area contributed by atoms with E-state index in [4.69, 9.17) is 9.47 Å². The first-order chi connectivity index (χ1) is 19.1. The Morgan fingerprint density at radius 3 is 2.23 bits per heavy atom. The predicted molar refractivity (Wildman–Crippen MR) is 151 cm³/mol. The van der Waals surface area contributed by atoms with Crippen LogP contribution in [0.1, 0.15) is 39.9 Å². The van der Waals surface area contributed by atoms with Gasteiger partial charge in [-0.05, 0) is 40.8 Å². The molecule has 0 aliphatic heterocycles. The van der Waals surface area contributed by atoms with Crippen LogP contribution in [-0.4, -0.2) is 29.5 Å². The highest BCUT2D eigenvalue weighted by atomic mass is 16.5. The van der Waals surface area contributed by atoms with Crippen LogP contribution < -0.4 is 10.1 Å². The van der Waals surface area contributed by atoms with Gasteiger partial charge in [0.1, 0.15) is 19.0 Å². The summed E-state index contributed by atoms with van der Waals surface area (Å²) in [6.07, 6.45) is 1.04. The third-order valence-electron chi connectivity index (χ3n) is 7.25. The number of aromatic amines is 1. The number of benzene rings is 4. The molecule has 194 valence electrons. The molecule has 1 aliphatic carbocycles. The van der Waals surface area contributed by atoms with E-state index in [-0.39, 0.29) is 18.3 Å². The average Bonchev–Trinajstić information content (AvgIpc) is 3.55. The maximum Gasteiger partial charge on any atom is 0.407 e. The van der Waals surface area contributed by atoms with Crippen molar-refractivity contribution in [2.45, 2.75) is 25.5 Å². The molecule has 6 heteroatoms. The summed E-state index contributed by atoms with van der Waals surface area (Å²) in [6, 6.07) is 31.1. The van der Waals surface area contributed by atoms with Crippen molar-refractivity contribution in [2.24, 2.45) is 0 Å². The number of aromatic nitrogens is 1. The minimum Gasteiger partial charge on any atom is -0.487 e. The Balaban J connectivity index is 1.11. The van der Waals surface area contributed by atoms with E-state index < -0.39 is 12.1 Å². The lowest BCUT2D eigenvalue weighted by Crippen LogP contribution is -2.39. The molecule has 0 fully saturated rings. The van der Waals surface area contributed by atoms with E-state index in [1.54, 1.807) is 13.1 Å². The fourth-order valence-corrected chi connectivity index (χ4v) is 5.30. The minimum atomic E-state index is -0.770. The summed E-state index contributed by atoms with van der Waals surface area (Å²) in [4.78, 5) is 29.2. The molecule has 1 aliphatic rings. The van der Waals surface area contributed by atoms with Gasteiger partial charge in [0.25, 0.3) is 0 Å². The third kappa shape index (κ3) is 4.77. The van der Waals surface area contributed by atoms with Crippen LogP contribution in [0.4, 0.5) is 4.79 Å². The number of hydrogen-bond acceptors (Lipinski definition) is 4. The zero-order valence-corrected chi connectivity index (χ0v) is 21.5. The number of ketones is 1. The molecule has 2 N–H and O–H groups in total. The van der Waals surface area contributed by atoms with Crippen molar-refractivity contribution < 1.29 is 19.1 Å². The highest BCUT2D eigenvalue weighted by molar-refractivity contribution is 6.11. The van der Waals surface area contributed by atoms with E-state index in [0.717, 1.165) is 38.7 Å². The monoisotopic (exact) mass is 516 g/mol. The lowest BCUT2D eigenvalue weighted by atomic mass is 9.98. The summed E-state index contributed by atoms with van der Waals surface area (Å²) >= 11 is 0. The summed E-state index contributed by atoms with van der Waals surface area (Å²) in [5.74, 6) is 0.402. The number of carbonyl (C=O) groups excluding carboxylic acids is 2. The number of hydrogen-bond donors (Lipinski definition) is 2. The quantitative estimate of drug-likeness (QED) is 0.221. The fraction of sp³-hybridized carbons (Fsp3) is 0.152.